The van der Waals surface area contributed by atoms with Crippen LogP contribution in [0.5, 0.6) is 0 Å². The predicted molar refractivity (Wildman–Crippen MR) is 121 cm³/mol. The van der Waals surface area contributed by atoms with Gasteiger partial charge < -0.3 is 20.1 Å². The fourth-order valence-electron chi connectivity index (χ4n) is 2.29. The molecule has 0 saturated heterocycles. The summed E-state index contributed by atoms with van der Waals surface area (Å²) in [6.07, 6.45) is 2.28. The molecule has 0 radical (unpaired) electrons. The lowest BCUT2D eigenvalue weighted by Gasteiger charge is -2.16. The maximum atomic E-state index is 5.54. The molecule has 0 spiro atoms. The van der Waals surface area contributed by atoms with Crippen molar-refractivity contribution in [3.05, 3.63) is 35.4 Å². The summed E-state index contributed by atoms with van der Waals surface area (Å²) in [7, 11) is 1.79. The van der Waals surface area contributed by atoms with Crippen LogP contribution in [0.2, 0.25) is 0 Å². The molecule has 0 amide bonds. The lowest BCUT2D eigenvalue weighted by molar-refractivity contribution is 0.0487. The molecule has 1 aromatic rings. The molecule has 0 fully saturated rings. The number of halogens is 1. The minimum Gasteiger partial charge on any atom is -0.379 e. The number of hydrogen-bond donors (Lipinski definition) is 2. The van der Waals surface area contributed by atoms with Gasteiger partial charge in [0.1, 0.15) is 0 Å². The number of unbranched alkanes of at least 4 members (excludes halogenated alkanes) is 1. The Morgan fingerprint density at radius 3 is 2.31 bits per heavy atom. The monoisotopic (exact) mass is 477 g/mol. The van der Waals surface area contributed by atoms with Crippen LogP contribution in [-0.2, 0) is 9.47 Å². The Bertz CT molecular complexity index is 480. The van der Waals surface area contributed by atoms with E-state index in [9.17, 15) is 0 Å². The summed E-state index contributed by atoms with van der Waals surface area (Å²) >= 11 is 0. The largest absolute Gasteiger partial charge is 0.379 e. The van der Waals surface area contributed by atoms with Gasteiger partial charge in [0.25, 0.3) is 0 Å². The standard InChI is InChI=1S/C20H35N3O2.HI/c1-5-6-12-24-14-15-25-13-11-22-20(21-4)23-16-18(3)19-9-7-17(2)8-10-19;/h7-10,18H,5-6,11-16H2,1-4H3,(H2,21,22,23);1H. The van der Waals surface area contributed by atoms with Gasteiger partial charge >= 0.3 is 0 Å². The summed E-state index contributed by atoms with van der Waals surface area (Å²) in [5.74, 6) is 1.23. The SMILES string of the molecule is CCCCOCCOCCNC(=NC)NCC(C)c1ccc(C)cc1.I. The molecular weight excluding hydrogens is 441 g/mol. The molecule has 150 valence electrons. The second kappa shape index (κ2) is 16.3. The third kappa shape index (κ3) is 11.7. The van der Waals surface area contributed by atoms with E-state index in [1.165, 1.54) is 17.5 Å². The van der Waals surface area contributed by atoms with E-state index >= 15 is 0 Å². The molecule has 1 unspecified atom stereocenters. The first-order valence-electron chi connectivity index (χ1n) is 9.34. The highest BCUT2D eigenvalue weighted by atomic mass is 127. The van der Waals surface area contributed by atoms with Gasteiger partial charge in [-0.05, 0) is 24.8 Å². The zero-order valence-corrected chi connectivity index (χ0v) is 19.0. The van der Waals surface area contributed by atoms with E-state index in [4.69, 9.17) is 9.47 Å². The number of ether oxygens (including phenoxy) is 2. The molecule has 0 heterocycles. The molecule has 0 aromatic heterocycles. The van der Waals surface area contributed by atoms with Crippen molar-refractivity contribution >= 4 is 29.9 Å². The van der Waals surface area contributed by atoms with Gasteiger partial charge in [0.15, 0.2) is 5.96 Å². The number of nitrogens with zero attached hydrogens (tertiary/aromatic N) is 1. The highest BCUT2D eigenvalue weighted by Crippen LogP contribution is 2.14. The summed E-state index contributed by atoms with van der Waals surface area (Å²) < 4.78 is 11.0. The van der Waals surface area contributed by atoms with Crippen molar-refractivity contribution in [2.24, 2.45) is 4.99 Å². The first-order chi connectivity index (χ1) is 12.2. The summed E-state index contributed by atoms with van der Waals surface area (Å²) in [4.78, 5) is 4.25. The van der Waals surface area contributed by atoms with Crippen LogP contribution >= 0.6 is 24.0 Å². The van der Waals surface area contributed by atoms with Crippen molar-refractivity contribution in [2.45, 2.75) is 39.5 Å². The highest BCUT2D eigenvalue weighted by molar-refractivity contribution is 14.0. The number of aliphatic imine (C=N–C) groups is 1. The number of guanidine groups is 1. The molecule has 26 heavy (non-hydrogen) atoms. The Labute approximate surface area is 176 Å². The summed E-state index contributed by atoms with van der Waals surface area (Å²) in [5, 5.41) is 6.64. The molecule has 0 aliphatic rings. The van der Waals surface area contributed by atoms with E-state index in [-0.39, 0.29) is 24.0 Å². The molecule has 1 atom stereocenters. The third-order valence-corrected chi connectivity index (χ3v) is 4.00. The van der Waals surface area contributed by atoms with Crippen LogP contribution in [0.3, 0.4) is 0 Å². The molecule has 1 rings (SSSR count). The van der Waals surface area contributed by atoms with Crippen LogP contribution in [-0.4, -0.2) is 52.5 Å². The van der Waals surface area contributed by atoms with Gasteiger partial charge in [-0.2, -0.15) is 0 Å². The Kier molecular flexibility index (Phi) is 15.8. The maximum absolute atomic E-state index is 5.54. The quantitative estimate of drug-likeness (QED) is 0.209. The first-order valence-corrected chi connectivity index (χ1v) is 9.34. The normalized spacial score (nSPS) is 12.4. The molecule has 2 N–H and O–H groups in total. The van der Waals surface area contributed by atoms with E-state index in [1.807, 2.05) is 0 Å². The van der Waals surface area contributed by atoms with Crippen LogP contribution in [0.25, 0.3) is 0 Å². The second-order valence-electron chi connectivity index (χ2n) is 6.27. The fraction of sp³-hybridized carbons (Fsp3) is 0.650. The van der Waals surface area contributed by atoms with Crippen molar-refractivity contribution < 1.29 is 9.47 Å². The average Bonchev–Trinajstić information content (AvgIpc) is 2.63. The topological polar surface area (TPSA) is 54.9 Å². The third-order valence-electron chi connectivity index (χ3n) is 4.00. The molecule has 0 saturated carbocycles. The number of hydrogen-bond acceptors (Lipinski definition) is 3. The number of benzene rings is 1. The molecule has 1 aromatic carbocycles. The maximum Gasteiger partial charge on any atom is 0.191 e. The van der Waals surface area contributed by atoms with Crippen LogP contribution in [0.1, 0.15) is 43.7 Å². The van der Waals surface area contributed by atoms with E-state index in [2.05, 4.69) is 60.7 Å². The van der Waals surface area contributed by atoms with Crippen LogP contribution < -0.4 is 10.6 Å². The number of rotatable bonds is 12. The molecule has 0 bridgehead atoms. The number of nitrogens with one attached hydrogen (secondary N) is 2. The van der Waals surface area contributed by atoms with Crippen LogP contribution in [0.4, 0.5) is 0 Å². The molecule has 0 aliphatic heterocycles. The first kappa shape index (κ1) is 25.1. The van der Waals surface area contributed by atoms with Crippen molar-refractivity contribution in [3.63, 3.8) is 0 Å². The van der Waals surface area contributed by atoms with Crippen molar-refractivity contribution in [1.29, 1.82) is 0 Å². The lowest BCUT2D eigenvalue weighted by Crippen LogP contribution is -2.40. The van der Waals surface area contributed by atoms with Crippen LogP contribution in [0.15, 0.2) is 29.3 Å². The molecule has 6 heteroatoms. The Hall–Kier alpha value is -0.860. The Morgan fingerprint density at radius 2 is 1.69 bits per heavy atom. The molecular formula is C20H36IN3O2. The van der Waals surface area contributed by atoms with Gasteiger partial charge in [0, 0.05) is 26.7 Å². The van der Waals surface area contributed by atoms with E-state index in [0.29, 0.717) is 25.7 Å². The molecule has 5 nitrogen and oxygen atoms in total. The predicted octanol–water partition coefficient (Wildman–Crippen LogP) is 3.71. The number of aryl methyl sites for hydroxylation is 1. The van der Waals surface area contributed by atoms with E-state index in [0.717, 1.165) is 32.1 Å². The van der Waals surface area contributed by atoms with Gasteiger partial charge in [-0.15, -0.1) is 24.0 Å². The van der Waals surface area contributed by atoms with Crippen molar-refractivity contribution in [1.82, 2.24) is 10.6 Å². The summed E-state index contributed by atoms with van der Waals surface area (Å²) in [5.41, 5.74) is 2.62. The van der Waals surface area contributed by atoms with Gasteiger partial charge in [0.2, 0.25) is 0 Å². The fourth-order valence-corrected chi connectivity index (χ4v) is 2.29. The van der Waals surface area contributed by atoms with Gasteiger partial charge in [-0.3, -0.25) is 4.99 Å². The zero-order chi connectivity index (χ0) is 18.3. The summed E-state index contributed by atoms with van der Waals surface area (Å²) in [6, 6.07) is 8.69. The lowest BCUT2D eigenvalue weighted by atomic mass is 10.0. The summed E-state index contributed by atoms with van der Waals surface area (Å²) in [6.45, 7) is 10.8. The minimum atomic E-state index is 0. The Morgan fingerprint density at radius 1 is 1.04 bits per heavy atom. The van der Waals surface area contributed by atoms with E-state index < -0.39 is 0 Å². The second-order valence-corrected chi connectivity index (χ2v) is 6.27. The van der Waals surface area contributed by atoms with Crippen LogP contribution in [0, 0.1) is 6.92 Å². The van der Waals surface area contributed by atoms with Gasteiger partial charge in [-0.1, -0.05) is 50.1 Å². The average molecular weight is 477 g/mol. The minimum absolute atomic E-state index is 0. The van der Waals surface area contributed by atoms with Crippen molar-refractivity contribution in [3.8, 4) is 0 Å². The highest BCUT2D eigenvalue weighted by Gasteiger charge is 2.06. The molecule has 0 aliphatic carbocycles. The van der Waals surface area contributed by atoms with E-state index in [1.54, 1.807) is 7.05 Å². The zero-order valence-electron chi connectivity index (χ0n) is 16.7. The Balaban J connectivity index is 0.00000625. The van der Waals surface area contributed by atoms with Gasteiger partial charge in [-0.25, -0.2) is 0 Å². The smallest absolute Gasteiger partial charge is 0.191 e. The van der Waals surface area contributed by atoms with Crippen molar-refractivity contribution in [2.75, 3.05) is 46.6 Å². The van der Waals surface area contributed by atoms with Gasteiger partial charge in [0.05, 0.1) is 19.8 Å².